The molecule has 1 amide bonds. The Kier molecular flexibility index (Phi) is 3.74. The van der Waals surface area contributed by atoms with Crippen molar-refractivity contribution >= 4 is 5.91 Å². The molecule has 1 fully saturated rings. The maximum atomic E-state index is 13.5. The van der Waals surface area contributed by atoms with Gasteiger partial charge >= 0.3 is 0 Å². The van der Waals surface area contributed by atoms with Gasteiger partial charge in [0.2, 0.25) is 0 Å². The molecule has 0 atom stereocenters. The average Bonchev–Trinajstić information content (AvgIpc) is 2.37. The number of carbonyl (C=O) groups is 1. The Morgan fingerprint density at radius 1 is 1.21 bits per heavy atom. The molecule has 1 aromatic carbocycles. The van der Waals surface area contributed by atoms with Gasteiger partial charge in [-0.15, -0.1) is 0 Å². The van der Waals surface area contributed by atoms with E-state index < -0.39 is 28.9 Å². The Morgan fingerprint density at radius 3 is 2.21 bits per heavy atom. The summed E-state index contributed by atoms with van der Waals surface area (Å²) in [6.07, 6.45) is 0.958. The molecule has 0 unspecified atom stereocenters. The number of carbonyl (C=O) groups excluding carboxylic acids is 1. The highest BCUT2D eigenvalue weighted by Gasteiger charge is 2.27. The number of benzene rings is 1. The number of amides is 1. The lowest BCUT2D eigenvalue weighted by Crippen LogP contribution is -2.39. The summed E-state index contributed by atoms with van der Waals surface area (Å²) in [6.45, 7) is 0.542. The van der Waals surface area contributed by atoms with Gasteiger partial charge in [0.05, 0.1) is 6.07 Å². The third kappa shape index (κ3) is 2.70. The highest BCUT2D eigenvalue weighted by molar-refractivity contribution is 5.94. The van der Waals surface area contributed by atoms with Crippen molar-refractivity contribution < 1.29 is 18.0 Å². The first kappa shape index (κ1) is 13.4. The first-order chi connectivity index (χ1) is 9.02. The third-order valence-electron chi connectivity index (χ3n) is 3.19. The number of halogens is 3. The second-order valence-electron chi connectivity index (χ2n) is 4.44. The van der Waals surface area contributed by atoms with Crippen LogP contribution >= 0.6 is 0 Å². The van der Waals surface area contributed by atoms with Gasteiger partial charge in [-0.3, -0.25) is 4.79 Å². The molecule has 3 nitrogen and oxygen atoms in total. The standard InChI is InChI=1S/C13H11F3N2O/c14-9-5-10(15)12(11(16)6-9)13(19)18-3-1-8(7-17)2-4-18/h5-6,8H,1-4H2. The van der Waals surface area contributed by atoms with Crippen LogP contribution in [0.3, 0.4) is 0 Å². The van der Waals surface area contributed by atoms with E-state index in [1.807, 2.05) is 0 Å². The number of nitriles is 1. The summed E-state index contributed by atoms with van der Waals surface area (Å²) in [4.78, 5) is 13.3. The van der Waals surface area contributed by atoms with Crippen LogP contribution in [-0.2, 0) is 0 Å². The molecule has 1 aliphatic heterocycles. The normalized spacial score (nSPS) is 16.2. The van der Waals surface area contributed by atoms with Crippen LogP contribution in [0.2, 0.25) is 0 Å². The smallest absolute Gasteiger partial charge is 0.259 e. The quantitative estimate of drug-likeness (QED) is 0.785. The summed E-state index contributed by atoms with van der Waals surface area (Å²) in [5.74, 6) is -4.40. The molecule has 0 spiro atoms. The van der Waals surface area contributed by atoms with Gasteiger partial charge in [-0.1, -0.05) is 0 Å². The topological polar surface area (TPSA) is 44.1 Å². The maximum absolute atomic E-state index is 13.5. The molecule has 19 heavy (non-hydrogen) atoms. The fourth-order valence-electron chi connectivity index (χ4n) is 2.12. The first-order valence-corrected chi connectivity index (χ1v) is 5.86. The Balaban J connectivity index is 2.20. The van der Waals surface area contributed by atoms with E-state index in [4.69, 9.17) is 5.26 Å². The van der Waals surface area contributed by atoms with Gasteiger partial charge in [-0.2, -0.15) is 5.26 Å². The largest absolute Gasteiger partial charge is 0.338 e. The lowest BCUT2D eigenvalue weighted by atomic mass is 9.98. The lowest BCUT2D eigenvalue weighted by molar-refractivity contribution is 0.0697. The van der Waals surface area contributed by atoms with E-state index >= 15 is 0 Å². The highest BCUT2D eigenvalue weighted by atomic mass is 19.1. The van der Waals surface area contributed by atoms with Gasteiger partial charge in [0.1, 0.15) is 23.0 Å². The van der Waals surface area contributed by atoms with Crippen molar-refractivity contribution in [2.24, 2.45) is 5.92 Å². The number of nitrogens with zero attached hydrogens (tertiary/aromatic N) is 2. The summed E-state index contributed by atoms with van der Waals surface area (Å²) in [5, 5.41) is 8.74. The number of likely N-dealkylation sites (tertiary alicyclic amines) is 1. The molecule has 1 aromatic rings. The number of piperidine rings is 1. The predicted molar refractivity (Wildman–Crippen MR) is 60.6 cm³/mol. The Morgan fingerprint density at radius 2 is 1.74 bits per heavy atom. The van der Waals surface area contributed by atoms with Crippen LogP contribution in [0.25, 0.3) is 0 Å². The summed E-state index contributed by atoms with van der Waals surface area (Å²) >= 11 is 0. The van der Waals surface area contributed by atoms with Crippen LogP contribution in [0.5, 0.6) is 0 Å². The Labute approximate surface area is 108 Å². The van der Waals surface area contributed by atoms with Crippen LogP contribution < -0.4 is 0 Å². The van der Waals surface area contributed by atoms with E-state index in [0.29, 0.717) is 25.0 Å². The van der Waals surface area contributed by atoms with Gasteiger partial charge in [0.25, 0.3) is 5.91 Å². The van der Waals surface area contributed by atoms with Gasteiger partial charge in [0.15, 0.2) is 0 Å². The van der Waals surface area contributed by atoms with Crippen molar-refractivity contribution in [3.63, 3.8) is 0 Å². The van der Waals surface area contributed by atoms with Crippen molar-refractivity contribution in [2.45, 2.75) is 12.8 Å². The molecule has 0 bridgehead atoms. The second kappa shape index (κ2) is 5.31. The minimum atomic E-state index is -1.20. The summed E-state index contributed by atoms with van der Waals surface area (Å²) in [5.41, 5.74) is -0.739. The van der Waals surface area contributed by atoms with Crippen LogP contribution in [0.1, 0.15) is 23.2 Å². The van der Waals surface area contributed by atoms with Crippen molar-refractivity contribution in [1.82, 2.24) is 4.90 Å². The van der Waals surface area contributed by atoms with Gasteiger partial charge < -0.3 is 4.90 Å². The molecule has 0 radical (unpaired) electrons. The lowest BCUT2D eigenvalue weighted by Gasteiger charge is -2.29. The molecule has 0 aromatic heterocycles. The minimum absolute atomic E-state index is 0.132. The van der Waals surface area contributed by atoms with Crippen molar-refractivity contribution in [1.29, 1.82) is 5.26 Å². The minimum Gasteiger partial charge on any atom is -0.338 e. The van der Waals surface area contributed by atoms with Crippen molar-refractivity contribution in [2.75, 3.05) is 13.1 Å². The number of hydrogen-bond donors (Lipinski definition) is 0. The molecule has 1 heterocycles. The van der Waals surface area contributed by atoms with Gasteiger partial charge in [-0.05, 0) is 12.8 Å². The van der Waals surface area contributed by atoms with E-state index in [1.165, 1.54) is 4.90 Å². The fourth-order valence-corrected chi connectivity index (χ4v) is 2.12. The molecule has 0 aliphatic carbocycles. The Bertz CT molecular complexity index is 522. The van der Waals surface area contributed by atoms with E-state index in [1.54, 1.807) is 0 Å². The maximum Gasteiger partial charge on any atom is 0.259 e. The van der Waals surface area contributed by atoms with Crippen LogP contribution in [0, 0.1) is 34.7 Å². The summed E-state index contributed by atoms with van der Waals surface area (Å²) < 4.78 is 39.7. The van der Waals surface area contributed by atoms with E-state index in [9.17, 15) is 18.0 Å². The molecular weight excluding hydrogens is 257 g/mol. The van der Waals surface area contributed by atoms with Crippen molar-refractivity contribution in [3.8, 4) is 6.07 Å². The van der Waals surface area contributed by atoms with Crippen LogP contribution in [0.15, 0.2) is 12.1 Å². The molecule has 1 saturated heterocycles. The SMILES string of the molecule is N#CC1CCN(C(=O)c2c(F)cc(F)cc2F)CC1. The van der Waals surface area contributed by atoms with Crippen LogP contribution in [-0.4, -0.2) is 23.9 Å². The van der Waals surface area contributed by atoms with E-state index in [2.05, 4.69) is 6.07 Å². The third-order valence-corrected chi connectivity index (χ3v) is 3.19. The zero-order chi connectivity index (χ0) is 14.0. The predicted octanol–water partition coefficient (Wildman–Crippen LogP) is 2.48. The summed E-state index contributed by atoms with van der Waals surface area (Å²) in [7, 11) is 0. The Hall–Kier alpha value is -2.03. The highest BCUT2D eigenvalue weighted by Crippen LogP contribution is 2.21. The molecule has 0 N–H and O–H groups in total. The zero-order valence-electron chi connectivity index (χ0n) is 10.00. The van der Waals surface area contributed by atoms with Gasteiger partial charge in [-0.25, -0.2) is 13.2 Å². The molecule has 100 valence electrons. The molecule has 0 saturated carbocycles. The van der Waals surface area contributed by atoms with E-state index in [0.717, 1.165) is 0 Å². The average molecular weight is 268 g/mol. The molecular formula is C13H11F3N2O. The van der Waals surface area contributed by atoms with E-state index in [-0.39, 0.29) is 19.0 Å². The molecule has 2 rings (SSSR count). The van der Waals surface area contributed by atoms with Gasteiger partial charge in [0, 0.05) is 31.1 Å². The summed E-state index contributed by atoms with van der Waals surface area (Å²) in [6, 6.07) is 3.07. The number of hydrogen-bond acceptors (Lipinski definition) is 2. The fraction of sp³-hybridized carbons (Fsp3) is 0.385. The zero-order valence-corrected chi connectivity index (χ0v) is 10.00. The molecule has 6 heteroatoms. The second-order valence-corrected chi connectivity index (χ2v) is 4.44. The van der Waals surface area contributed by atoms with Crippen molar-refractivity contribution in [3.05, 3.63) is 35.1 Å². The molecule has 1 aliphatic rings. The van der Waals surface area contributed by atoms with Crippen LogP contribution in [0.4, 0.5) is 13.2 Å². The number of rotatable bonds is 1. The monoisotopic (exact) mass is 268 g/mol. The first-order valence-electron chi connectivity index (χ1n) is 5.86.